The summed E-state index contributed by atoms with van der Waals surface area (Å²) in [5.41, 5.74) is 13.7. The summed E-state index contributed by atoms with van der Waals surface area (Å²) < 4.78 is 0. The number of hydrogen-bond acceptors (Lipinski definition) is 5. The Bertz CT molecular complexity index is 206. The molecule has 0 rings (SSSR count). The van der Waals surface area contributed by atoms with Crippen LogP contribution >= 0.6 is 0 Å². The maximum absolute atomic E-state index is 9.57. The minimum absolute atomic E-state index is 0.731. The van der Waals surface area contributed by atoms with Crippen LogP contribution in [-0.2, 0) is 9.59 Å². The smallest absolute Gasteiger partial charge is 0.402 e. The van der Waals surface area contributed by atoms with Crippen LogP contribution in [0.4, 0.5) is 4.79 Å². The topological polar surface area (TPSA) is 190 Å². The van der Waals surface area contributed by atoms with Gasteiger partial charge in [0.2, 0.25) is 0 Å². The maximum atomic E-state index is 9.57. The monoisotopic (exact) mass is 239 g/mol. The van der Waals surface area contributed by atoms with E-state index >= 15 is 0 Å². The number of carbonyl (C=O) groups is 3. The van der Waals surface area contributed by atoms with Gasteiger partial charge in [-0.1, -0.05) is 0 Å². The first kappa shape index (κ1) is 19.7. The highest BCUT2D eigenvalue weighted by Gasteiger charge is 2.00. The molecule has 2 atom stereocenters. The fourth-order valence-electron chi connectivity index (χ4n) is 0. The summed E-state index contributed by atoms with van der Waals surface area (Å²) in [6, 6.07) is -1.46. The van der Waals surface area contributed by atoms with Crippen LogP contribution in [0.15, 0.2) is 0 Å². The lowest BCUT2D eigenvalue weighted by Crippen LogP contribution is -2.25. The van der Waals surface area contributed by atoms with Gasteiger partial charge in [-0.25, -0.2) is 4.79 Å². The zero-order chi connectivity index (χ0) is 13.9. The first-order valence-electron chi connectivity index (χ1n) is 3.97. The highest BCUT2D eigenvalue weighted by Crippen LogP contribution is 1.68. The van der Waals surface area contributed by atoms with Gasteiger partial charge in [-0.2, -0.15) is 0 Å². The average Bonchev–Trinajstić information content (AvgIpc) is 2.03. The van der Waals surface area contributed by atoms with E-state index in [0.29, 0.717) is 0 Å². The predicted octanol–water partition coefficient (Wildman–Crippen LogP) is -1.54. The number of carboxylic acid groups (broad SMARTS) is 3. The van der Waals surface area contributed by atoms with Crippen molar-refractivity contribution < 1.29 is 29.7 Å². The van der Waals surface area contributed by atoms with Gasteiger partial charge in [0, 0.05) is 0 Å². The van der Waals surface area contributed by atoms with Crippen molar-refractivity contribution >= 4 is 18.0 Å². The minimum Gasteiger partial charge on any atom is -0.480 e. The molecule has 9 N–H and O–H groups in total. The number of amides is 1. The number of carboxylic acids is 2. The molecule has 16 heavy (non-hydrogen) atoms. The first-order valence-corrected chi connectivity index (χ1v) is 3.97. The van der Waals surface area contributed by atoms with Crippen LogP contribution in [0.25, 0.3) is 0 Å². The molecule has 0 aromatic heterocycles. The molecule has 0 saturated carbocycles. The maximum Gasteiger partial charge on any atom is 0.402 e. The molecule has 0 fully saturated rings. The summed E-state index contributed by atoms with van der Waals surface area (Å²) in [6.07, 6.45) is -1.33. The van der Waals surface area contributed by atoms with Gasteiger partial charge < -0.3 is 32.5 Å². The summed E-state index contributed by atoms with van der Waals surface area (Å²) in [4.78, 5) is 27.9. The van der Waals surface area contributed by atoms with E-state index in [-0.39, 0.29) is 0 Å². The Morgan fingerprint density at radius 3 is 0.938 bits per heavy atom. The van der Waals surface area contributed by atoms with Crippen molar-refractivity contribution in [2.45, 2.75) is 25.9 Å². The molecule has 0 aromatic rings. The average molecular weight is 239 g/mol. The molecule has 0 spiro atoms. The summed E-state index contributed by atoms with van der Waals surface area (Å²) >= 11 is 0. The van der Waals surface area contributed by atoms with E-state index in [4.69, 9.17) is 31.6 Å². The van der Waals surface area contributed by atoms with Crippen LogP contribution in [-0.4, -0.2) is 45.4 Å². The van der Waals surface area contributed by atoms with E-state index in [9.17, 15) is 9.59 Å². The second kappa shape index (κ2) is 11.2. The lowest BCUT2D eigenvalue weighted by molar-refractivity contribution is -0.139. The molecule has 0 aliphatic carbocycles. The Morgan fingerprint density at radius 2 is 0.938 bits per heavy atom. The Labute approximate surface area is 91.8 Å². The lowest BCUT2D eigenvalue weighted by Gasteiger charge is -1.90. The van der Waals surface area contributed by atoms with Gasteiger partial charge in [0.05, 0.1) is 0 Å². The molecular formula is C7H17N3O6. The predicted molar refractivity (Wildman–Crippen MR) is 54.8 cm³/mol. The third kappa shape index (κ3) is 40.0. The second-order valence-corrected chi connectivity index (χ2v) is 2.59. The van der Waals surface area contributed by atoms with Crippen LogP contribution in [0.3, 0.4) is 0 Å². The fraction of sp³-hybridized carbons (Fsp3) is 0.571. The van der Waals surface area contributed by atoms with Crippen molar-refractivity contribution in [3.05, 3.63) is 0 Å². The largest absolute Gasteiger partial charge is 0.480 e. The highest BCUT2D eigenvalue weighted by atomic mass is 16.4. The van der Waals surface area contributed by atoms with Gasteiger partial charge >= 0.3 is 18.0 Å². The van der Waals surface area contributed by atoms with E-state index in [1.165, 1.54) is 13.8 Å². The van der Waals surface area contributed by atoms with Gasteiger partial charge in [0.15, 0.2) is 0 Å². The number of nitrogens with two attached hydrogens (primary N) is 3. The van der Waals surface area contributed by atoms with Crippen molar-refractivity contribution in [2.24, 2.45) is 17.2 Å². The lowest BCUT2D eigenvalue weighted by atomic mass is 10.4. The Balaban J connectivity index is -0.000000162. The van der Waals surface area contributed by atoms with Crippen LogP contribution in [0.5, 0.6) is 0 Å². The van der Waals surface area contributed by atoms with E-state index in [1.807, 2.05) is 0 Å². The number of rotatable bonds is 2. The van der Waals surface area contributed by atoms with Crippen molar-refractivity contribution in [2.75, 3.05) is 0 Å². The summed E-state index contributed by atoms with van der Waals surface area (Å²) in [7, 11) is 0. The molecule has 9 heteroatoms. The van der Waals surface area contributed by atoms with Crippen molar-refractivity contribution in [1.29, 1.82) is 0 Å². The molecule has 0 unspecified atom stereocenters. The standard InChI is InChI=1S/2C3H7NO2.CH3NO2/c2*1-2(4)3(5)6;2-1(3)4/h2*2H,4H2,1H3,(H,5,6);2H2,(H,3,4)/t2*2-;/m00./s1. The molecule has 1 amide bonds. The highest BCUT2D eigenvalue weighted by molar-refractivity contribution is 5.72. The Morgan fingerprint density at radius 1 is 0.875 bits per heavy atom. The van der Waals surface area contributed by atoms with E-state index < -0.39 is 30.1 Å². The molecule has 0 saturated heterocycles. The molecule has 0 heterocycles. The molecule has 9 nitrogen and oxygen atoms in total. The fourth-order valence-corrected chi connectivity index (χ4v) is 0. The molecule has 0 aliphatic heterocycles. The molecular weight excluding hydrogens is 222 g/mol. The van der Waals surface area contributed by atoms with Crippen LogP contribution < -0.4 is 17.2 Å². The first-order chi connectivity index (χ1) is 7.02. The zero-order valence-corrected chi connectivity index (χ0v) is 8.95. The SMILES string of the molecule is C[C@H](N)C(=O)O.C[C@H](N)C(=O)O.NC(=O)O. The summed E-state index contributed by atoms with van der Waals surface area (Å²) in [5, 5.41) is 22.9. The number of aliphatic carboxylic acids is 2. The Hall–Kier alpha value is -1.87. The van der Waals surface area contributed by atoms with Gasteiger partial charge in [0.1, 0.15) is 12.1 Å². The van der Waals surface area contributed by atoms with Crippen LogP contribution in [0, 0.1) is 0 Å². The van der Waals surface area contributed by atoms with Crippen LogP contribution in [0.1, 0.15) is 13.8 Å². The third-order valence-electron chi connectivity index (χ3n) is 0.779. The van der Waals surface area contributed by atoms with Crippen molar-refractivity contribution in [1.82, 2.24) is 0 Å². The third-order valence-corrected chi connectivity index (χ3v) is 0.779. The normalized spacial score (nSPS) is 11.8. The Kier molecular flexibility index (Phi) is 13.8. The quantitative estimate of drug-likeness (QED) is 0.334. The van der Waals surface area contributed by atoms with Crippen molar-refractivity contribution in [3.8, 4) is 0 Å². The molecule has 0 bridgehead atoms. The molecule has 96 valence electrons. The summed E-state index contributed by atoms with van der Waals surface area (Å²) in [6.45, 7) is 2.84. The van der Waals surface area contributed by atoms with Crippen LogP contribution in [0.2, 0.25) is 0 Å². The van der Waals surface area contributed by atoms with Gasteiger partial charge in [-0.3, -0.25) is 9.59 Å². The van der Waals surface area contributed by atoms with E-state index in [0.717, 1.165) is 0 Å². The van der Waals surface area contributed by atoms with Gasteiger partial charge in [0.25, 0.3) is 0 Å². The minimum atomic E-state index is -1.33. The van der Waals surface area contributed by atoms with Gasteiger partial charge in [-0.05, 0) is 13.8 Å². The van der Waals surface area contributed by atoms with E-state index in [1.54, 1.807) is 0 Å². The van der Waals surface area contributed by atoms with E-state index in [2.05, 4.69) is 5.73 Å². The number of primary amides is 1. The molecule has 0 radical (unpaired) electrons. The van der Waals surface area contributed by atoms with Crippen molar-refractivity contribution in [3.63, 3.8) is 0 Å². The van der Waals surface area contributed by atoms with Gasteiger partial charge in [-0.15, -0.1) is 0 Å². The molecule has 0 aromatic carbocycles. The number of hydrogen-bond donors (Lipinski definition) is 6. The molecule has 0 aliphatic rings. The second-order valence-electron chi connectivity index (χ2n) is 2.59. The summed E-state index contributed by atoms with van der Waals surface area (Å²) in [5.74, 6) is -1.93. The zero-order valence-electron chi connectivity index (χ0n) is 8.95.